The molecule has 0 atom stereocenters. The summed E-state index contributed by atoms with van der Waals surface area (Å²) in [6, 6.07) is 3.32. The molecule has 100 valence electrons. The molecule has 0 aliphatic carbocycles. The molecule has 1 heterocycles. The highest BCUT2D eigenvalue weighted by Gasteiger charge is 2.14. The summed E-state index contributed by atoms with van der Waals surface area (Å²) in [5.74, 6) is -0.994. The Hall–Kier alpha value is -2.15. The molecule has 0 fully saturated rings. The summed E-state index contributed by atoms with van der Waals surface area (Å²) in [7, 11) is 1.76. The van der Waals surface area contributed by atoms with Crippen LogP contribution >= 0.6 is 12.2 Å². The van der Waals surface area contributed by atoms with Crippen LogP contribution in [-0.4, -0.2) is 32.3 Å². The van der Waals surface area contributed by atoms with Crippen LogP contribution in [0.2, 0.25) is 0 Å². The van der Waals surface area contributed by atoms with E-state index in [1.54, 1.807) is 30.1 Å². The fourth-order valence-electron chi connectivity index (χ4n) is 1.87. The van der Waals surface area contributed by atoms with Crippen LogP contribution in [0.3, 0.4) is 0 Å². The van der Waals surface area contributed by atoms with Gasteiger partial charge < -0.3 is 20.3 Å². The van der Waals surface area contributed by atoms with Crippen molar-refractivity contribution in [2.24, 2.45) is 7.05 Å². The first-order valence-corrected chi connectivity index (χ1v) is 6.17. The van der Waals surface area contributed by atoms with E-state index in [-0.39, 0.29) is 5.56 Å². The molecule has 0 radical (unpaired) electrons. The first-order chi connectivity index (χ1) is 9.02. The number of hydrogen-bond acceptors (Lipinski definition) is 3. The van der Waals surface area contributed by atoms with E-state index in [2.05, 4.69) is 15.6 Å². The van der Waals surface area contributed by atoms with Gasteiger partial charge in [-0.1, -0.05) is 0 Å². The average Bonchev–Trinajstić information content (AvgIpc) is 2.70. The molecule has 2 rings (SSSR count). The predicted molar refractivity (Wildman–Crippen MR) is 77.6 cm³/mol. The number of anilines is 1. The van der Waals surface area contributed by atoms with Gasteiger partial charge in [-0.05, 0) is 31.3 Å². The van der Waals surface area contributed by atoms with Crippen molar-refractivity contribution in [2.45, 2.75) is 6.92 Å². The average molecular weight is 278 g/mol. The lowest BCUT2D eigenvalue weighted by Crippen LogP contribution is -2.28. The van der Waals surface area contributed by atoms with E-state index in [4.69, 9.17) is 12.2 Å². The monoisotopic (exact) mass is 278 g/mol. The van der Waals surface area contributed by atoms with Gasteiger partial charge in [0.05, 0.1) is 22.9 Å². The number of nitrogens with one attached hydrogen (secondary N) is 2. The number of carbonyl (C=O) groups is 1. The molecule has 0 aliphatic rings. The SMILES string of the molecule is CCNC(=S)Nc1cc(C(=O)O)c2c(c1)ncn2C. The molecule has 1 aromatic carbocycles. The summed E-state index contributed by atoms with van der Waals surface area (Å²) < 4.78 is 1.69. The minimum absolute atomic E-state index is 0.194. The number of rotatable bonds is 3. The van der Waals surface area contributed by atoms with E-state index in [0.717, 1.165) is 0 Å². The zero-order valence-corrected chi connectivity index (χ0v) is 11.4. The lowest BCUT2D eigenvalue weighted by molar-refractivity contribution is 0.0698. The minimum atomic E-state index is -0.994. The normalized spacial score (nSPS) is 10.4. The van der Waals surface area contributed by atoms with E-state index in [9.17, 15) is 9.90 Å². The van der Waals surface area contributed by atoms with E-state index < -0.39 is 5.97 Å². The number of hydrogen-bond donors (Lipinski definition) is 3. The predicted octanol–water partition coefficient (Wildman–Crippen LogP) is 1.58. The number of aromatic nitrogens is 2. The molecule has 1 aromatic heterocycles. The van der Waals surface area contributed by atoms with Crippen LogP contribution in [-0.2, 0) is 7.05 Å². The minimum Gasteiger partial charge on any atom is -0.478 e. The molecule has 0 unspecified atom stereocenters. The number of carboxylic acids is 1. The van der Waals surface area contributed by atoms with Crippen molar-refractivity contribution in [3.8, 4) is 0 Å². The van der Waals surface area contributed by atoms with Gasteiger partial charge in [-0.3, -0.25) is 0 Å². The maximum atomic E-state index is 11.3. The highest BCUT2D eigenvalue weighted by molar-refractivity contribution is 7.80. The summed E-state index contributed by atoms with van der Waals surface area (Å²) >= 11 is 5.08. The smallest absolute Gasteiger partial charge is 0.337 e. The van der Waals surface area contributed by atoms with Crippen LogP contribution in [0.4, 0.5) is 5.69 Å². The quantitative estimate of drug-likeness (QED) is 0.740. The van der Waals surface area contributed by atoms with Gasteiger partial charge in [-0.2, -0.15) is 0 Å². The van der Waals surface area contributed by atoms with E-state index in [1.807, 2.05) is 6.92 Å². The van der Waals surface area contributed by atoms with Crippen molar-refractivity contribution in [2.75, 3.05) is 11.9 Å². The summed E-state index contributed by atoms with van der Waals surface area (Å²) in [6.45, 7) is 2.63. The number of fused-ring (bicyclic) bond motifs is 1. The molecule has 19 heavy (non-hydrogen) atoms. The van der Waals surface area contributed by atoms with Gasteiger partial charge in [0.15, 0.2) is 5.11 Å². The molecule has 0 saturated carbocycles. The van der Waals surface area contributed by atoms with Gasteiger partial charge in [0.1, 0.15) is 0 Å². The molecular formula is C12H14N4O2S. The highest BCUT2D eigenvalue weighted by atomic mass is 32.1. The second-order valence-corrected chi connectivity index (χ2v) is 4.44. The van der Waals surface area contributed by atoms with Gasteiger partial charge in [-0.15, -0.1) is 0 Å². The third-order valence-corrected chi connectivity index (χ3v) is 2.88. The number of benzene rings is 1. The fraction of sp³-hybridized carbons (Fsp3) is 0.250. The van der Waals surface area contributed by atoms with Crippen molar-refractivity contribution in [1.29, 1.82) is 0 Å². The van der Waals surface area contributed by atoms with E-state index in [0.29, 0.717) is 28.4 Å². The van der Waals surface area contributed by atoms with Gasteiger partial charge >= 0.3 is 5.97 Å². The second-order valence-electron chi connectivity index (χ2n) is 4.04. The molecule has 0 bridgehead atoms. The first-order valence-electron chi connectivity index (χ1n) is 5.76. The van der Waals surface area contributed by atoms with Crippen LogP contribution in [0.5, 0.6) is 0 Å². The maximum absolute atomic E-state index is 11.3. The third-order valence-electron chi connectivity index (χ3n) is 2.64. The Balaban J connectivity index is 2.47. The topological polar surface area (TPSA) is 79.2 Å². The number of aryl methyl sites for hydroxylation is 1. The Kier molecular flexibility index (Phi) is 3.66. The van der Waals surface area contributed by atoms with Crippen molar-refractivity contribution >= 4 is 40.0 Å². The Bertz CT molecular complexity index is 650. The molecule has 6 nitrogen and oxygen atoms in total. The largest absolute Gasteiger partial charge is 0.478 e. The van der Waals surface area contributed by atoms with Crippen molar-refractivity contribution in [3.63, 3.8) is 0 Å². The number of imidazole rings is 1. The van der Waals surface area contributed by atoms with Crippen molar-refractivity contribution < 1.29 is 9.90 Å². The van der Waals surface area contributed by atoms with Crippen molar-refractivity contribution in [3.05, 3.63) is 24.0 Å². The molecule has 3 N–H and O–H groups in total. The molecule has 0 spiro atoms. The van der Waals surface area contributed by atoms with E-state index in [1.165, 1.54) is 0 Å². The lowest BCUT2D eigenvalue weighted by atomic mass is 10.1. The number of thiocarbonyl (C=S) groups is 1. The third kappa shape index (κ3) is 2.65. The molecule has 2 aromatic rings. The summed E-state index contributed by atoms with van der Waals surface area (Å²) in [5, 5.41) is 15.6. The summed E-state index contributed by atoms with van der Waals surface area (Å²) in [5.41, 5.74) is 2.01. The zero-order chi connectivity index (χ0) is 14.0. The second kappa shape index (κ2) is 5.23. The Labute approximate surface area is 115 Å². The Morgan fingerprint density at radius 2 is 2.26 bits per heavy atom. The number of carboxylic acid groups (broad SMARTS) is 1. The lowest BCUT2D eigenvalue weighted by Gasteiger charge is -2.10. The number of nitrogens with zero attached hydrogens (tertiary/aromatic N) is 2. The number of aromatic carboxylic acids is 1. The van der Waals surface area contributed by atoms with Crippen LogP contribution in [0.1, 0.15) is 17.3 Å². The molecule has 7 heteroatoms. The van der Waals surface area contributed by atoms with Gasteiger partial charge in [0.2, 0.25) is 0 Å². The fourth-order valence-corrected chi connectivity index (χ4v) is 2.13. The Morgan fingerprint density at radius 3 is 2.89 bits per heavy atom. The van der Waals surface area contributed by atoms with Gasteiger partial charge in [0.25, 0.3) is 0 Å². The molecule has 0 saturated heterocycles. The first kappa shape index (κ1) is 13.3. The zero-order valence-electron chi connectivity index (χ0n) is 10.6. The molecule has 0 aliphatic heterocycles. The molecule has 0 amide bonds. The van der Waals surface area contributed by atoms with E-state index >= 15 is 0 Å². The summed E-state index contributed by atoms with van der Waals surface area (Å²) in [6.07, 6.45) is 1.59. The molecular weight excluding hydrogens is 264 g/mol. The highest BCUT2D eigenvalue weighted by Crippen LogP contribution is 2.23. The maximum Gasteiger partial charge on any atom is 0.337 e. The standard InChI is InChI=1S/C12H14N4O2S/c1-3-13-12(19)15-7-4-8(11(17)18)10-9(5-7)14-6-16(10)2/h4-6H,3H2,1-2H3,(H,17,18)(H2,13,15,19). The van der Waals surface area contributed by atoms with Crippen LogP contribution in [0.15, 0.2) is 18.5 Å². The van der Waals surface area contributed by atoms with Crippen molar-refractivity contribution in [1.82, 2.24) is 14.9 Å². The van der Waals surface area contributed by atoms with Crippen LogP contribution in [0, 0.1) is 0 Å². The Morgan fingerprint density at radius 1 is 1.53 bits per heavy atom. The van der Waals surface area contributed by atoms with Gasteiger partial charge in [-0.25, -0.2) is 9.78 Å². The van der Waals surface area contributed by atoms with Crippen LogP contribution in [0.25, 0.3) is 11.0 Å². The van der Waals surface area contributed by atoms with Gasteiger partial charge in [0, 0.05) is 19.3 Å². The van der Waals surface area contributed by atoms with Crippen LogP contribution < -0.4 is 10.6 Å². The summed E-state index contributed by atoms with van der Waals surface area (Å²) in [4.78, 5) is 15.5.